The fraction of sp³-hybridized carbons (Fsp3) is 0.211. The van der Waals surface area contributed by atoms with Crippen LogP contribution in [-0.2, 0) is 0 Å². The van der Waals surface area contributed by atoms with Crippen molar-refractivity contribution in [3.8, 4) is 17.1 Å². The van der Waals surface area contributed by atoms with Gasteiger partial charge in [-0.1, -0.05) is 47.7 Å². The van der Waals surface area contributed by atoms with Gasteiger partial charge in [-0.15, -0.1) is 15.3 Å². The SMILES string of the molecule is Cc1cccc(-c2nnc(C(C)Sc3nnnn3-c3ccccc3C)o2)c1. The number of hydrogen-bond acceptors (Lipinski definition) is 7. The first-order valence-electron chi connectivity index (χ1n) is 8.53. The lowest BCUT2D eigenvalue weighted by molar-refractivity contribution is 0.508. The molecule has 0 saturated heterocycles. The van der Waals surface area contributed by atoms with Gasteiger partial charge in [0.1, 0.15) is 0 Å². The first-order chi connectivity index (χ1) is 13.1. The fourth-order valence-electron chi connectivity index (χ4n) is 2.71. The van der Waals surface area contributed by atoms with Crippen molar-refractivity contribution in [1.82, 2.24) is 30.4 Å². The third-order valence-corrected chi connectivity index (χ3v) is 5.14. The molecule has 8 heteroatoms. The summed E-state index contributed by atoms with van der Waals surface area (Å²) in [6.07, 6.45) is 0. The number of rotatable bonds is 5. The summed E-state index contributed by atoms with van der Waals surface area (Å²) in [5, 5.41) is 21.1. The van der Waals surface area contributed by atoms with E-state index < -0.39 is 0 Å². The normalized spacial score (nSPS) is 12.3. The van der Waals surface area contributed by atoms with Gasteiger partial charge >= 0.3 is 0 Å². The zero-order valence-corrected chi connectivity index (χ0v) is 16.0. The van der Waals surface area contributed by atoms with E-state index in [0.29, 0.717) is 16.9 Å². The zero-order valence-electron chi connectivity index (χ0n) is 15.2. The molecule has 27 heavy (non-hydrogen) atoms. The summed E-state index contributed by atoms with van der Waals surface area (Å²) in [5.74, 6) is 1.05. The molecule has 0 spiro atoms. The molecule has 0 amide bonds. The Bertz CT molecular complexity index is 1070. The maximum absolute atomic E-state index is 5.88. The Labute approximate surface area is 160 Å². The number of tetrazole rings is 1. The molecule has 7 nitrogen and oxygen atoms in total. The molecule has 1 unspecified atom stereocenters. The van der Waals surface area contributed by atoms with Gasteiger partial charge in [0.2, 0.25) is 16.9 Å². The van der Waals surface area contributed by atoms with Crippen molar-refractivity contribution in [2.75, 3.05) is 0 Å². The first-order valence-corrected chi connectivity index (χ1v) is 9.41. The first kappa shape index (κ1) is 17.4. The minimum atomic E-state index is -0.0928. The Hall–Kier alpha value is -3.00. The molecule has 0 aliphatic heterocycles. The quantitative estimate of drug-likeness (QED) is 0.482. The van der Waals surface area contributed by atoms with Crippen LogP contribution in [0.3, 0.4) is 0 Å². The van der Waals surface area contributed by atoms with Gasteiger partial charge in [-0.2, -0.15) is 4.68 Å². The van der Waals surface area contributed by atoms with Gasteiger partial charge in [0, 0.05) is 5.56 Å². The molecular formula is C19H18N6OS. The van der Waals surface area contributed by atoms with E-state index in [0.717, 1.165) is 22.4 Å². The number of para-hydroxylation sites is 1. The van der Waals surface area contributed by atoms with E-state index in [4.69, 9.17) is 4.42 Å². The molecule has 0 N–H and O–H groups in total. The van der Waals surface area contributed by atoms with E-state index in [1.807, 2.05) is 69.3 Å². The van der Waals surface area contributed by atoms with Crippen molar-refractivity contribution in [2.24, 2.45) is 0 Å². The van der Waals surface area contributed by atoms with Crippen LogP contribution in [0.4, 0.5) is 0 Å². The molecule has 4 aromatic rings. The molecular weight excluding hydrogens is 360 g/mol. The van der Waals surface area contributed by atoms with Crippen LogP contribution in [-0.4, -0.2) is 30.4 Å². The van der Waals surface area contributed by atoms with Crippen LogP contribution < -0.4 is 0 Å². The van der Waals surface area contributed by atoms with E-state index in [1.54, 1.807) is 4.68 Å². The lowest BCUT2D eigenvalue weighted by Gasteiger charge is -2.09. The highest BCUT2D eigenvalue weighted by Gasteiger charge is 2.20. The number of thioether (sulfide) groups is 1. The van der Waals surface area contributed by atoms with Crippen LogP contribution in [0.2, 0.25) is 0 Å². The van der Waals surface area contributed by atoms with Crippen molar-refractivity contribution in [1.29, 1.82) is 0 Å². The monoisotopic (exact) mass is 378 g/mol. The standard InChI is InChI=1S/C19H18N6OS/c1-12-7-6-9-15(11-12)18-21-20-17(26-18)14(3)27-19-22-23-24-25(19)16-10-5-4-8-13(16)2/h4-11,14H,1-3H3. The van der Waals surface area contributed by atoms with Crippen molar-refractivity contribution < 1.29 is 4.42 Å². The maximum Gasteiger partial charge on any atom is 0.247 e. The molecule has 0 aliphatic carbocycles. The smallest absolute Gasteiger partial charge is 0.247 e. The molecule has 2 aromatic heterocycles. The largest absolute Gasteiger partial charge is 0.419 e. The minimum Gasteiger partial charge on any atom is -0.419 e. The van der Waals surface area contributed by atoms with Gasteiger partial charge in [0.05, 0.1) is 10.9 Å². The Morgan fingerprint density at radius 3 is 2.67 bits per heavy atom. The zero-order chi connectivity index (χ0) is 18.8. The summed E-state index contributed by atoms with van der Waals surface area (Å²) in [6, 6.07) is 16.0. The molecule has 0 bridgehead atoms. The van der Waals surface area contributed by atoms with Crippen molar-refractivity contribution in [2.45, 2.75) is 31.2 Å². The highest BCUT2D eigenvalue weighted by atomic mass is 32.2. The predicted octanol–water partition coefficient (Wildman–Crippen LogP) is 4.18. The predicted molar refractivity (Wildman–Crippen MR) is 103 cm³/mol. The Balaban J connectivity index is 1.57. The second-order valence-electron chi connectivity index (χ2n) is 6.23. The molecule has 0 fully saturated rings. The van der Waals surface area contributed by atoms with E-state index >= 15 is 0 Å². The van der Waals surface area contributed by atoms with Crippen molar-refractivity contribution in [3.63, 3.8) is 0 Å². The highest BCUT2D eigenvalue weighted by Crippen LogP contribution is 2.34. The molecule has 4 rings (SSSR count). The Morgan fingerprint density at radius 2 is 1.85 bits per heavy atom. The van der Waals surface area contributed by atoms with Gasteiger partial charge in [-0.05, 0) is 55.0 Å². The summed E-state index contributed by atoms with van der Waals surface area (Å²) < 4.78 is 7.61. The Kier molecular flexibility index (Phi) is 4.72. The van der Waals surface area contributed by atoms with E-state index in [9.17, 15) is 0 Å². The number of benzene rings is 2. The molecule has 2 aromatic carbocycles. The average molecular weight is 378 g/mol. The van der Waals surface area contributed by atoms with Gasteiger partial charge in [-0.3, -0.25) is 0 Å². The molecule has 2 heterocycles. The molecule has 0 aliphatic rings. The van der Waals surface area contributed by atoms with Gasteiger partial charge in [0.15, 0.2) is 0 Å². The number of aryl methyl sites for hydroxylation is 2. The van der Waals surface area contributed by atoms with Crippen LogP contribution in [0.1, 0.15) is 29.2 Å². The summed E-state index contributed by atoms with van der Waals surface area (Å²) in [4.78, 5) is 0. The lowest BCUT2D eigenvalue weighted by atomic mass is 10.1. The summed E-state index contributed by atoms with van der Waals surface area (Å²) >= 11 is 1.48. The third kappa shape index (κ3) is 3.61. The van der Waals surface area contributed by atoms with Crippen molar-refractivity contribution >= 4 is 11.8 Å². The van der Waals surface area contributed by atoms with Crippen LogP contribution >= 0.6 is 11.8 Å². The second kappa shape index (κ2) is 7.32. The number of nitrogens with zero attached hydrogens (tertiary/aromatic N) is 6. The molecule has 136 valence electrons. The lowest BCUT2D eigenvalue weighted by Crippen LogP contribution is -2.02. The average Bonchev–Trinajstić information content (AvgIpc) is 3.32. The summed E-state index contributed by atoms with van der Waals surface area (Å²) in [5.41, 5.74) is 4.10. The van der Waals surface area contributed by atoms with Gasteiger partial charge in [-0.25, -0.2) is 0 Å². The van der Waals surface area contributed by atoms with Gasteiger partial charge < -0.3 is 4.42 Å². The topological polar surface area (TPSA) is 82.5 Å². The highest BCUT2D eigenvalue weighted by molar-refractivity contribution is 7.99. The maximum atomic E-state index is 5.88. The summed E-state index contributed by atoms with van der Waals surface area (Å²) in [6.45, 7) is 6.06. The number of hydrogen-bond donors (Lipinski definition) is 0. The minimum absolute atomic E-state index is 0.0928. The van der Waals surface area contributed by atoms with E-state index in [1.165, 1.54) is 11.8 Å². The van der Waals surface area contributed by atoms with Crippen LogP contribution in [0.25, 0.3) is 17.1 Å². The van der Waals surface area contributed by atoms with E-state index in [-0.39, 0.29) is 5.25 Å². The summed E-state index contributed by atoms with van der Waals surface area (Å²) in [7, 11) is 0. The third-order valence-electron chi connectivity index (χ3n) is 4.12. The van der Waals surface area contributed by atoms with Crippen LogP contribution in [0, 0.1) is 13.8 Å². The van der Waals surface area contributed by atoms with Gasteiger partial charge in [0.25, 0.3) is 0 Å². The van der Waals surface area contributed by atoms with Crippen molar-refractivity contribution in [3.05, 3.63) is 65.5 Å². The van der Waals surface area contributed by atoms with Crippen LogP contribution in [0.15, 0.2) is 58.1 Å². The van der Waals surface area contributed by atoms with Crippen LogP contribution in [0.5, 0.6) is 0 Å². The van der Waals surface area contributed by atoms with E-state index in [2.05, 4.69) is 25.7 Å². The number of aromatic nitrogens is 6. The second-order valence-corrected chi connectivity index (χ2v) is 7.54. The fourth-order valence-corrected chi connectivity index (χ4v) is 3.54. The molecule has 0 saturated carbocycles. The molecule has 0 radical (unpaired) electrons. The molecule has 1 atom stereocenters. The Morgan fingerprint density at radius 1 is 1.00 bits per heavy atom.